The molecule has 0 spiro atoms. The van der Waals surface area contributed by atoms with Crippen LogP contribution in [0.25, 0.3) is 0 Å². The molecule has 0 bridgehead atoms. The Morgan fingerprint density at radius 2 is 2.40 bits per heavy atom. The van der Waals surface area contributed by atoms with Crippen LogP contribution in [0.5, 0.6) is 0 Å². The maximum Gasteiger partial charge on any atom is 0.131 e. The number of halogens is 1. The highest BCUT2D eigenvalue weighted by Gasteiger charge is 2.29. The molecule has 1 aliphatic carbocycles. The van der Waals surface area contributed by atoms with Gasteiger partial charge in [0, 0.05) is 12.6 Å². The van der Waals surface area contributed by atoms with Crippen molar-refractivity contribution in [3.63, 3.8) is 0 Å². The van der Waals surface area contributed by atoms with Crippen molar-refractivity contribution in [1.82, 2.24) is 5.32 Å². The molecule has 2 rings (SSSR count). The van der Waals surface area contributed by atoms with Crippen molar-refractivity contribution < 1.29 is 9.15 Å². The lowest BCUT2D eigenvalue weighted by molar-refractivity contribution is -0.0105. The Balaban J connectivity index is 1.66. The van der Waals surface area contributed by atoms with Crippen LogP contribution in [0, 0.1) is 0 Å². The molecular formula is C11H16BrNO2. The molecule has 0 aliphatic heterocycles. The van der Waals surface area contributed by atoms with Gasteiger partial charge >= 0.3 is 0 Å². The van der Waals surface area contributed by atoms with Crippen LogP contribution >= 0.6 is 15.9 Å². The minimum absolute atomic E-state index is 0.465. The number of hydrogen-bond donors (Lipinski definition) is 1. The Kier molecular flexibility index (Phi) is 3.83. The molecule has 0 amide bonds. The van der Waals surface area contributed by atoms with Gasteiger partial charge in [-0.25, -0.2) is 0 Å². The fourth-order valence-electron chi connectivity index (χ4n) is 1.79. The monoisotopic (exact) mass is 273 g/mol. The number of rotatable bonds is 5. The zero-order valence-corrected chi connectivity index (χ0v) is 10.4. The molecule has 0 aromatic carbocycles. The third kappa shape index (κ3) is 2.83. The number of hydrogen-bond acceptors (Lipinski definition) is 3. The molecule has 0 saturated heterocycles. The largest absolute Gasteiger partial charge is 0.467 e. The second-order valence-corrected chi connectivity index (χ2v) is 4.67. The fourth-order valence-corrected chi connectivity index (χ4v) is 2.13. The standard InChI is InChI=1S/C11H16BrNO2/c1-2-14-9-5-8(6-9)13-7-11-10(12)3-4-15-11/h3-4,8-9,13H,2,5-7H2,1H3. The molecule has 15 heavy (non-hydrogen) atoms. The third-order valence-electron chi connectivity index (χ3n) is 2.74. The summed E-state index contributed by atoms with van der Waals surface area (Å²) in [6, 6.07) is 2.50. The average molecular weight is 274 g/mol. The molecule has 1 aromatic heterocycles. The summed E-state index contributed by atoms with van der Waals surface area (Å²) < 4.78 is 11.9. The van der Waals surface area contributed by atoms with Gasteiger partial charge in [-0.05, 0) is 41.8 Å². The molecule has 0 atom stereocenters. The van der Waals surface area contributed by atoms with Gasteiger partial charge in [0.2, 0.25) is 0 Å². The van der Waals surface area contributed by atoms with Crippen LogP contribution in [0.15, 0.2) is 21.2 Å². The van der Waals surface area contributed by atoms with Gasteiger partial charge < -0.3 is 14.5 Å². The van der Waals surface area contributed by atoms with Gasteiger partial charge in [-0.2, -0.15) is 0 Å². The van der Waals surface area contributed by atoms with E-state index in [9.17, 15) is 0 Å². The van der Waals surface area contributed by atoms with Gasteiger partial charge in [-0.1, -0.05) is 0 Å². The van der Waals surface area contributed by atoms with Gasteiger partial charge in [-0.15, -0.1) is 0 Å². The molecule has 0 radical (unpaired) electrons. The van der Waals surface area contributed by atoms with E-state index in [1.54, 1.807) is 6.26 Å². The summed E-state index contributed by atoms with van der Waals surface area (Å²) in [6.07, 6.45) is 4.40. The van der Waals surface area contributed by atoms with E-state index >= 15 is 0 Å². The zero-order chi connectivity index (χ0) is 10.7. The quantitative estimate of drug-likeness (QED) is 0.896. The molecule has 84 valence electrons. The molecule has 3 nitrogen and oxygen atoms in total. The predicted octanol–water partition coefficient (Wildman–Crippen LogP) is 2.70. The number of ether oxygens (including phenoxy) is 1. The second-order valence-electron chi connectivity index (χ2n) is 3.82. The van der Waals surface area contributed by atoms with Gasteiger partial charge in [0.05, 0.1) is 23.4 Å². The Labute approximate surface area is 98.3 Å². The van der Waals surface area contributed by atoms with E-state index in [4.69, 9.17) is 9.15 Å². The Morgan fingerprint density at radius 1 is 1.60 bits per heavy atom. The van der Waals surface area contributed by atoms with Gasteiger partial charge in [0.25, 0.3) is 0 Å². The van der Waals surface area contributed by atoms with Crippen molar-refractivity contribution in [2.75, 3.05) is 6.61 Å². The summed E-state index contributed by atoms with van der Waals surface area (Å²) in [5, 5.41) is 3.45. The van der Waals surface area contributed by atoms with E-state index in [-0.39, 0.29) is 0 Å². The summed E-state index contributed by atoms with van der Waals surface area (Å²) in [5.41, 5.74) is 0. The van der Waals surface area contributed by atoms with Crippen LogP contribution in [0.1, 0.15) is 25.5 Å². The van der Waals surface area contributed by atoms with E-state index in [1.807, 2.05) is 13.0 Å². The second kappa shape index (κ2) is 5.14. The summed E-state index contributed by atoms with van der Waals surface area (Å²) in [5.74, 6) is 0.967. The summed E-state index contributed by atoms with van der Waals surface area (Å²) in [7, 11) is 0. The predicted molar refractivity (Wildman–Crippen MR) is 61.7 cm³/mol. The summed E-state index contributed by atoms with van der Waals surface area (Å²) >= 11 is 3.43. The first-order chi connectivity index (χ1) is 7.29. The maximum absolute atomic E-state index is 5.50. The molecule has 1 heterocycles. The van der Waals surface area contributed by atoms with Gasteiger partial charge in [0.1, 0.15) is 5.76 Å². The van der Waals surface area contributed by atoms with Crippen molar-refractivity contribution in [2.45, 2.75) is 38.5 Å². The zero-order valence-electron chi connectivity index (χ0n) is 8.83. The lowest BCUT2D eigenvalue weighted by Crippen LogP contribution is -2.45. The van der Waals surface area contributed by atoms with Crippen molar-refractivity contribution in [3.05, 3.63) is 22.6 Å². The SMILES string of the molecule is CCOC1CC(NCc2occc2Br)C1. The maximum atomic E-state index is 5.50. The average Bonchev–Trinajstić information content (AvgIpc) is 2.55. The van der Waals surface area contributed by atoms with Gasteiger partial charge in [0.15, 0.2) is 0 Å². The van der Waals surface area contributed by atoms with E-state index < -0.39 is 0 Å². The molecule has 1 saturated carbocycles. The van der Waals surface area contributed by atoms with Crippen LogP contribution < -0.4 is 5.32 Å². The molecule has 1 aliphatic rings. The molecule has 1 fully saturated rings. The highest BCUT2D eigenvalue weighted by atomic mass is 79.9. The molecule has 1 N–H and O–H groups in total. The smallest absolute Gasteiger partial charge is 0.131 e. The summed E-state index contributed by atoms with van der Waals surface area (Å²) in [6.45, 7) is 3.65. The lowest BCUT2D eigenvalue weighted by atomic mass is 9.89. The van der Waals surface area contributed by atoms with E-state index in [2.05, 4.69) is 21.2 Å². The van der Waals surface area contributed by atoms with E-state index in [1.165, 1.54) is 0 Å². The minimum atomic E-state index is 0.465. The Morgan fingerprint density at radius 3 is 3.00 bits per heavy atom. The molecule has 1 aromatic rings. The molecule has 4 heteroatoms. The highest BCUT2D eigenvalue weighted by Crippen LogP contribution is 2.24. The van der Waals surface area contributed by atoms with Crippen molar-refractivity contribution in [1.29, 1.82) is 0 Å². The van der Waals surface area contributed by atoms with Crippen molar-refractivity contribution >= 4 is 15.9 Å². The highest BCUT2D eigenvalue weighted by molar-refractivity contribution is 9.10. The fraction of sp³-hybridized carbons (Fsp3) is 0.636. The molecule has 0 unspecified atom stereocenters. The van der Waals surface area contributed by atoms with Crippen LogP contribution in [-0.4, -0.2) is 18.8 Å². The van der Waals surface area contributed by atoms with Crippen molar-refractivity contribution in [3.8, 4) is 0 Å². The molecular weight excluding hydrogens is 258 g/mol. The first kappa shape index (κ1) is 11.2. The van der Waals surface area contributed by atoms with Gasteiger partial charge in [-0.3, -0.25) is 0 Å². The number of furan rings is 1. The van der Waals surface area contributed by atoms with E-state index in [0.717, 1.165) is 36.2 Å². The summed E-state index contributed by atoms with van der Waals surface area (Å²) in [4.78, 5) is 0. The van der Waals surface area contributed by atoms with Crippen LogP contribution in [0.2, 0.25) is 0 Å². The van der Waals surface area contributed by atoms with Crippen LogP contribution in [0.3, 0.4) is 0 Å². The van der Waals surface area contributed by atoms with Crippen LogP contribution in [-0.2, 0) is 11.3 Å². The topological polar surface area (TPSA) is 34.4 Å². The van der Waals surface area contributed by atoms with E-state index in [0.29, 0.717) is 12.1 Å². The normalized spacial score (nSPS) is 25.2. The van der Waals surface area contributed by atoms with Crippen LogP contribution in [0.4, 0.5) is 0 Å². The Hall–Kier alpha value is -0.320. The first-order valence-corrected chi connectivity index (χ1v) is 6.15. The minimum Gasteiger partial charge on any atom is -0.467 e. The lowest BCUT2D eigenvalue weighted by Gasteiger charge is -2.35. The Bertz CT molecular complexity index is 307. The number of nitrogens with one attached hydrogen (secondary N) is 1. The van der Waals surface area contributed by atoms with Crippen molar-refractivity contribution in [2.24, 2.45) is 0 Å². The third-order valence-corrected chi connectivity index (χ3v) is 3.45. The first-order valence-electron chi connectivity index (χ1n) is 5.36.